The number of aromatic nitrogens is 1. The molecule has 20 heavy (non-hydrogen) atoms. The van der Waals surface area contributed by atoms with Crippen LogP contribution in [-0.4, -0.2) is 38.2 Å². The Kier molecular flexibility index (Phi) is 6.70. The maximum absolute atomic E-state index is 12.0. The van der Waals surface area contributed by atoms with Gasteiger partial charge >= 0.3 is 0 Å². The van der Waals surface area contributed by atoms with E-state index in [1.54, 1.807) is 6.07 Å². The van der Waals surface area contributed by atoms with Crippen molar-refractivity contribution in [3.63, 3.8) is 0 Å². The van der Waals surface area contributed by atoms with Gasteiger partial charge in [0.1, 0.15) is 5.69 Å². The summed E-state index contributed by atoms with van der Waals surface area (Å²) < 4.78 is 26.9. The lowest BCUT2D eigenvalue weighted by Crippen LogP contribution is -2.30. The second-order valence-corrected chi connectivity index (χ2v) is 7.26. The first-order valence-electron chi connectivity index (χ1n) is 6.42. The second-order valence-electron chi connectivity index (χ2n) is 4.51. The molecular formula is C12H20BrN3O3S. The number of rotatable bonds is 8. The van der Waals surface area contributed by atoms with E-state index in [4.69, 9.17) is 0 Å². The minimum atomic E-state index is -3.16. The van der Waals surface area contributed by atoms with Crippen molar-refractivity contribution in [2.75, 3.05) is 19.3 Å². The van der Waals surface area contributed by atoms with Crippen LogP contribution in [-0.2, 0) is 16.6 Å². The Labute approximate surface area is 128 Å². The highest BCUT2D eigenvalue weighted by Gasteiger charge is 2.12. The van der Waals surface area contributed by atoms with Crippen LogP contribution in [0.3, 0.4) is 0 Å². The zero-order valence-electron chi connectivity index (χ0n) is 11.6. The van der Waals surface area contributed by atoms with E-state index in [-0.39, 0.29) is 5.91 Å². The molecule has 0 radical (unpaired) electrons. The first-order valence-corrected chi connectivity index (χ1v) is 9.10. The molecule has 1 rings (SSSR count). The lowest BCUT2D eigenvalue weighted by Gasteiger charge is -2.08. The number of sulfonamides is 1. The third-order valence-electron chi connectivity index (χ3n) is 2.56. The number of hydrogen-bond donors (Lipinski definition) is 2. The summed E-state index contributed by atoms with van der Waals surface area (Å²) in [5.41, 5.74) is 0.606. The molecule has 0 saturated carbocycles. The molecule has 1 heterocycles. The van der Waals surface area contributed by atoms with Gasteiger partial charge in [-0.2, -0.15) is 0 Å². The number of hydrogen-bond acceptors (Lipinski definition) is 3. The molecule has 0 fully saturated rings. The molecule has 8 heteroatoms. The summed E-state index contributed by atoms with van der Waals surface area (Å²) in [5.74, 6) is -0.150. The second kappa shape index (κ2) is 7.80. The number of amides is 1. The standard InChI is InChI=1S/C12H20BrN3O3S/c1-3-7-16-9-10(13)8-11(16)12(17)14-5-4-6-15-20(2,18)19/h8-9,15H,3-7H2,1-2H3,(H,14,17). The maximum atomic E-state index is 12.0. The fraction of sp³-hybridized carbons (Fsp3) is 0.583. The lowest BCUT2D eigenvalue weighted by atomic mass is 10.3. The molecule has 114 valence electrons. The third-order valence-corrected chi connectivity index (χ3v) is 3.73. The molecule has 0 aliphatic heterocycles. The van der Waals surface area contributed by atoms with Crippen molar-refractivity contribution >= 4 is 31.9 Å². The van der Waals surface area contributed by atoms with E-state index < -0.39 is 10.0 Å². The Balaban J connectivity index is 2.43. The molecule has 0 spiro atoms. The smallest absolute Gasteiger partial charge is 0.267 e. The molecular weight excluding hydrogens is 346 g/mol. The molecule has 0 aliphatic rings. The largest absolute Gasteiger partial charge is 0.351 e. The van der Waals surface area contributed by atoms with Gasteiger partial charge in [0.05, 0.1) is 6.26 Å². The van der Waals surface area contributed by atoms with Crippen LogP contribution in [0.5, 0.6) is 0 Å². The van der Waals surface area contributed by atoms with Crippen molar-refractivity contribution in [1.29, 1.82) is 0 Å². The zero-order valence-corrected chi connectivity index (χ0v) is 14.1. The highest BCUT2D eigenvalue weighted by atomic mass is 79.9. The highest BCUT2D eigenvalue weighted by Crippen LogP contribution is 2.15. The quantitative estimate of drug-likeness (QED) is 0.682. The van der Waals surface area contributed by atoms with Gasteiger partial charge in [-0.25, -0.2) is 13.1 Å². The van der Waals surface area contributed by atoms with E-state index in [1.807, 2.05) is 17.7 Å². The maximum Gasteiger partial charge on any atom is 0.267 e. The average molecular weight is 366 g/mol. The van der Waals surface area contributed by atoms with Crippen LogP contribution in [0.15, 0.2) is 16.7 Å². The summed E-state index contributed by atoms with van der Waals surface area (Å²) in [5, 5.41) is 2.78. The van der Waals surface area contributed by atoms with E-state index in [0.717, 1.165) is 23.7 Å². The molecule has 1 aromatic heterocycles. The topological polar surface area (TPSA) is 80.2 Å². The van der Waals surface area contributed by atoms with Crippen molar-refractivity contribution in [3.05, 3.63) is 22.4 Å². The number of halogens is 1. The monoisotopic (exact) mass is 365 g/mol. The molecule has 0 aliphatic carbocycles. The predicted molar refractivity (Wildman–Crippen MR) is 82.2 cm³/mol. The van der Waals surface area contributed by atoms with Crippen molar-refractivity contribution < 1.29 is 13.2 Å². The molecule has 6 nitrogen and oxygen atoms in total. The van der Waals surface area contributed by atoms with Gasteiger partial charge in [-0.3, -0.25) is 4.79 Å². The van der Waals surface area contributed by atoms with Gasteiger partial charge in [0, 0.05) is 30.3 Å². The number of aryl methyl sites for hydroxylation is 1. The SMILES string of the molecule is CCCn1cc(Br)cc1C(=O)NCCCNS(C)(=O)=O. The summed E-state index contributed by atoms with van der Waals surface area (Å²) in [6.45, 7) is 3.57. The van der Waals surface area contributed by atoms with Crippen molar-refractivity contribution in [3.8, 4) is 0 Å². The summed E-state index contributed by atoms with van der Waals surface area (Å²) in [4.78, 5) is 12.0. The van der Waals surface area contributed by atoms with Gasteiger partial charge in [-0.15, -0.1) is 0 Å². The van der Waals surface area contributed by atoms with E-state index in [1.165, 1.54) is 0 Å². The van der Waals surface area contributed by atoms with Gasteiger partial charge < -0.3 is 9.88 Å². The predicted octanol–water partition coefficient (Wildman–Crippen LogP) is 1.33. The Morgan fingerprint density at radius 2 is 2.10 bits per heavy atom. The summed E-state index contributed by atoms with van der Waals surface area (Å²) in [6.07, 6.45) is 4.48. The van der Waals surface area contributed by atoms with Crippen molar-refractivity contribution in [2.45, 2.75) is 26.3 Å². The highest BCUT2D eigenvalue weighted by molar-refractivity contribution is 9.10. The molecule has 0 unspecified atom stereocenters. The number of carbonyl (C=O) groups excluding carboxylic acids is 1. The minimum Gasteiger partial charge on any atom is -0.351 e. The van der Waals surface area contributed by atoms with Crippen LogP contribution in [0.2, 0.25) is 0 Å². The Bertz CT molecular complexity index is 554. The van der Waals surface area contributed by atoms with Crippen LogP contribution in [0.1, 0.15) is 30.3 Å². The van der Waals surface area contributed by atoms with E-state index >= 15 is 0 Å². The Morgan fingerprint density at radius 3 is 2.70 bits per heavy atom. The summed E-state index contributed by atoms with van der Waals surface area (Å²) >= 11 is 3.36. The van der Waals surface area contributed by atoms with Gasteiger partial charge in [-0.05, 0) is 34.8 Å². The zero-order chi connectivity index (χ0) is 15.2. The fourth-order valence-electron chi connectivity index (χ4n) is 1.73. The normalized spacial score (nSPS) is 11.6. The number of nitrogens with zero attached hydrogens (tertiary/aromatic N) is 1. The van der Waals surface area contributed by atoms with Crippen LogP contribution in [0.4, 0.5) is 0 Å². The summed E-state index contributed by atoms with van der Waals surface area (Å²) in [6, 6.07) is 1.78. The Hall–Kier alpha value is -0.860. The fourth-order valence-corrected chi connectivity index (χ4v) is 2.71. The minimum absolute atomic E-state index is 0.150. The van der Waals surface area contributed by atoms with E-state index in [2.05, 4.69) is 26.0 Å². The van der Waals surface area contributed by atoms with Gasteiger partial charge in [-0.1, -0.05) is 6.92 Å². The average Bonchev–Trinajstić information content (AvgIpc) is 2.69. The van der Waals surface area contributed by atoms with Crippen LogP contribution < -0.4 is 10.0 Å². The molecule has 0 aromatic carbocycles. The van der Waals surface area contributed by atoms with Gasteiger partial charge in [0.2, 0.25) is 10.0 Å². The molecule has 2 N–H and O–H groups in total. The molecule has 1 aromatic rings. The van der Waals surface area contributed by atoms with Gasteiger partial charge in [0.25, 0.3) is 5.91 Å². The first-order chi connectivity index (χ1) is 9.33. The van der Waals surface area contributed by atoms with Crippen LogP contribution >= 0.6 is 15.9 Å². The number of nitrogens with one attached hydrogen (secondary N) is 2. The Morgan fingerprint density at radius 1 is 1.40 bits per heavy atom. The number of carbonyl (C=O) groups is 1. The third kappa shape index (κ3) is 6.06. The molecule has 1 amide bonds. The first kappa shape index (κ1) is 17.2. The molecule has 0 bridgehead atoms. The van der Waals surface area contributed by atoms with Crippen molar-refractivity contribution in [2.24, 2.45) is 0 Å². The van der Waals surface area contributed by atoms with Crippen LogP contribution in [0, 0.1) is 0 Å². The van der Waals surface area contributed by atoms with Crippen LogP contribution in [0.25, 0.3) is 0 Å². The lowest BCUT2D eigenvalue weighted by molar-refractivity contribution is 0.0944. The molecule has 0 atom stereocenters. The summed E-state index contributed by atoms with van der Waals surface area (Å²) in [7, 11) is -3.16. The van der Waals surface area contributed by atoms with Crippen molar-refractivity contribution in [1.82, 2.24) is 14.6 Å². The van der Waals surface area contributed by atoms with E-state index in [9.17, 15) is 13.2 Å². The molecule has 0 saturated heterocycles. The van der Waals surface area contributed by atoms with E-state index in [0.29, 0.717) is 25.2 Å². The van der Waals surface area contributed by atoms with Gasteiger partial charge in [0.15, 0.2) is 0 Å².